The van der Waals surface area contributed by atoms with Crippen LogP contribution in [0.15, 0.2) is 0 Å². The predicted molar refractivity (Wildman–Crippen MR) is 53.4 cm³/mol. The van der Waals surface area contributed by atoms with Gasteiger partial charge >= 0.3 is 15.6 Å². The number of hydrogen-bond donors (Lipinski definition) is 6. The van der Waals surface area contributed by atoms with Crippen LogP contribution < -0.4 is 0 Å². The summed E-state index contributed by atoms with van der Waals surface area (Å²) in [7, 11) is -9.28. The van der Waals surface area contributed by atoms with Crippen LogP contribution in [0.25, 0.3) is 0 Å². The smallest absolute Gasteiger partial charge is 0.362 e. The van der Waals surface area contributed by atoms with Crippen LogP contribution in [-0.2, 0) is 13.9 Å². The van der Waals surface area contributed by atoms with E-state index in [1.54, 1.807) is 0 Å². The molecule has 1 heterocycles. The lowest BCUT2D eigenvalue weighted by Gasteiger charge is -1.91. The van der Waals surface area contributed by atoms with Gasteiger partial charge in [0.05, 0.1) is 0 Å². The van der Waals surface area contributed by atoms with Crippen molar-refractivity contribution in [3.63, 3.8) is 0 Å². The third-order valence-corrected chi connectivity index (χ3v) is 1.22. The summed E-state index contributed by atoms with van der Waals surface area (Å²) < 4.78 is 22.7. The molecule has 16 heavy (non-hydrogen) atoms. The Bertz CT molecular complexity index is 216. The van der Waals surface area contributed by atoms with Crippen LogP contribution in [0.5, 0.6) is 0 Å². The van der Waals surface area contributed by atoms with E-state index >= 15 is 0 Å². The predicted octanol–water partition coefficient (Wildman–Crippen LogP) is -0.496. The highest BCUT2D eigenvalue weighted by Crippen LogP contribution is 2.26. The van der Waals surface area contributed by atoms with Crippen LogP contribution >= 0.6 is 27.2 Å². The van der Waals surface area contributed by atoms with Crippen molar-refractivity contribution in [1.29, 1.82) is 0 Å². The van der Waals surface area contributed by atoms with Crippen molar-refractivity contribution in [1.82, 2.24) is 0 Å². The van der Waals surface area contributed by atoms with Crippen molar-refractivity contribution < 1.29 is 43.2 Å². The average Bonchev–Trinajstić information content (AvgIpc) is 2.30. The first-order valence-electron chi connectivity index (χ1n) is 3.72. The lowest BCUT2D eigenvalue weighted by Crippen LogP contribution is -1.89. The summed E-state index contributed by atoms with van der Waals surface area (Å²) in [6, 6.07) is 0. The Morgan fingerprint density at radius 2 is 1.31 bits per heavy atom. The molecule has 12 heteroatoms. The summed E-state index contributed by atoms with van der Waals surface area (Å²) in [5.74, 6) is 0. The Morgan fingerprint density at radius 1 is 1.00 bits per heavy atom. The minimum absolute atomic E-state index is 0.0185. The van der Waals surface area contributed by atoms with Gasteiger partial charge < -0.3 is 34.1 Å². The van der Waals surface area contributed by atoms with E-state index in [4.69, 9.17) is 54.8 Å². The molecule has 1 rings (SSSR count). The molecule has 1 saturated heterocycles. The largest absolute Gasteiger partial charge is 0.466 e. The van der Waals surface area contributed by atoms with Crippen LogP contribution in [0.1, 0.15) is 12.8 Å². The quantitative estimate of drug-likeness (QED) is 0.255. The summed E-state index contributed by atoms with van der Waals surface area (Å²) in [6.07, 6.45) is 2.16. The van der Waals surface area contributed by atoms with Gasteiger partial charge in [0.2, 0.25) is 0 Å². The Labute approximate surface area is 96.1 Å². The van der Waals surface area contributed by atoms with Crippen molar-refractivity contribution >= 4 is 27.2 Å². The van der Waals surface area contributed by atoms with E-state index in [-0.39, 0.29) is 5.56 Å². The molecule has 0 aliphatic carbocycles. The summed E-state index contributed by atoms with van der Waals surface area (Å²) in [6.45, 7) is 0.855. The van der Waals surface area contributed by atoms with E-state index in [0.29, 0.717) is 0 Å². The number of hydrogen-bond acceptors (Lipinski definition) is 3. The van der Waals surface area contributed by atoms with Gasteiger partial charge in [0, 0.05) is 6.61 Å². The maximum Gasteiger partial charge on any atom is 0.466 e. The molecule has 0 amide bonds. The first-order valence-corrected chi connectivity index (χ1v) is 7.28. The zero-order valence-electron chi connectivity index (χ0n) is 7.88. The molecule has 0 bridgehead atoms. The molecule has 100 valence electrons. The lowest BCUT2D eigenvalue weighted by molar-refractivity contribution is 0.168. The van der Waals surface area contributed by atoms with Crippen LogP contribution in [0.4, 0.5) is 0 Å². The van der Waals surface area contributed by atoms with Gasteiger partial charge in [0.15, 0.2) is 0 Å². The topological polar surface area (TPSA) is 165 Å². The first kappa shape index (κ1) is 18.8. The molecule has 0 aromatic rings. The SMILES string of the molecule is ClC1CCCO1.O=P(O)(O)O.O=P(O)(O)O. The van der Waals surface area contributed by atoms with E-state index in [9.17, 15) is 0 Å². The Morgan fingerprint density at radius 3 is 1.38 bits per heavy atom. The van der Waals surface area contributed by atoms with Gasteiger partial charge in [-0.3, -0.25) is 0 Å². The summed E-state index contributed by atoms with van der Waals surface area (Å²) in [5, 5.41) is 0. The zero-order chi connectivity index (χ0) is 13.4. The average molecular weight is 303 g/mol. The van der Waals surface area contributed by atoms with E-state index in [2.05, 4.69) is 0 Å². The minimum Gasteiger partial charge on any atom is -0.362 e. The van der Waals surface area contributed by atoms with Crippen molar-refractivity contribution in [2.45, 2.75) is 18.4 Å². The Kier molecular flexibility index (Phi) is 10.1. The molecule has 0 aromatic heterocycles. The third-order valence-electron chi connectivity index (χ3n) is 0.874. The molecule has 1 aliphatic rings. The molecule has 0 radical (unpaired) electrons. The summed E-state index contributed by atoms with van der Waals surface area (Å²) in [5.41, 5.74) is 0.0185. The monoisotopic (exact) mass is 302 g/mol. The highest BCUT2D eigenvalue weighted by Gasteiger charge is 2.09. The lowest BCUT2D eigenvalue weighted by atomic mass is 10.4. The van der Waals surface area contributed by atoms with Gasteiger partial charge in [-0.2, -0.15) is 0 Å². The second kappa shape index (κ2) is 8.54. The number of phosphoric acid groups is 2. The first-order chi connectivity index (χ1) is 6.89. The Hall–Kier alpha value is 0.470. The van der Waals surface area contributed by atoms with Crippen LogP contribution in [0, 0.1) is 0 Å². The highest BCUT2D eigenvalue weighted by atomic mass is 35.5. The van der Waals surface area contributed by atoms with E-state index in [1.165, 1.54) is 0 Å². The molecular weight excluding hydrogens is 289 g/mol. The molecule has 0 aromatic carbocycles. The van der Waals surface area contributed by atoms with Crippen molar-refractivity contribution in [3.05, 3.63) is 0 Å². The van der Waals surface area contributed by atoms with Crippen LogP contribution in [-0.4, -0.2) is 41.5 Å². The zero-order valence-corrected chi connectivity index (χ0v) is 10.4. The normalized spacial score (nSPS) is 20.3. The van der Waals surface area contributed by atoms with E-state index < -0.39 is 15.6 Å². The molecule has 0 spiro atoms. The molecule has 9 nitrogen and oxygen atoms in total. The minimum atomic E-state index is -4.64. The molecule has 1 unspecified atom stereocenters. The van der Waals surface area contributed by atoms with Crippen molar-refractivity contribution in [2.75, 3.05) is 6.61 Å². The third kappa shape index (κ3) is 47.1. The maximum atomic E-state index is 8.88. The van der Waals surface area contributed by atoms with Gasteiger partial charge in [-0.25, -0.2) is 9.13 Å². The van der Waals surface area contributed by atoms with Gasteiger partial charge in [-0.05, 0) is 12.8 Å². The number of alkyl halides is 1. The number of halogens is 1. The molecule has 1 aliphatic heterocycles. The standard InChI is InChI=1S/C4H7ClO.2H3O4P/c5-4-2-1-3-6-4;2*1-5(2,3)4/h4H,1-3H2;2*(H3,1,2,3,4). The highest BCUT2D eigenvalue weighted by molar-refractivity contribution is 7.45. The molecule has 6 N–H and O–H groups in total. The van der Waals surface area contributed by atoms with Crippen LogP contribution in [0.2, 0.25) is 0 Å². The Balaban J connectivity index is 0. The van der Waals surface area contributed by atoms with Gasteiger partial charge in [0.25, 0.3) is 0 Å². The van der Waals surface area contributed by atoms with Gasteiger partial charge in [-0.1, -0.05) is 11.6 Å². The van der Waals surface area contributed by atoms with E-state index in [1.807, 2.05) is 0 Å². The number of rotatable bonds is 0. The fourth-order valence-electron chi connectivity index (χ4n) is 0.538. The van der Waals surface area contributed by atoms with Crippen molar-refractivity contribution in [3.8, 4) is 0 Å². The fraction of sp³-hybridized carbons (Fsp3) is 1.00. The van der Waals surface area contributed by atoms with Crippen molar-refractivity contribution in [2.24, 2.45) is 0 Å². The molecule has 1 atom stereocenters. The molecule has 0 saturated carbocycles. The molecular formula is C4H13ClO9P2. The van der Waals surface area contributed by atoms with Gasteiger partial charge in [-0.15, -0.1) is 0 Å². The second-order valence-corrected chi connectivity index (χ2v) is 4.99. The number of ether oxygens (including phenoxy) is 1. The fourth-order valence-corrected chi connectivity index (χ4v) is 0.782. The summed E-state index contributed by atoms with van der Waals surface area (Å²) >= 11 is 5.49. The summed E-state index contributed by atoms with van der Waals surface area (Å²) in [4.78, 5) is 43.1. The second-order valence-electron chi connectivity index (χ2n) is 2.45. The molecule has 1 fully saturated rings. The van der Waals surface area contributed by atoms with E-state index in [0.717, 1.165) is 19.4 Å². The van der Waals surface area contributed by atoms with Gasteiger partial charge in [0.1, 0.15) is 5.56 Å². The maximum absolute atomic E-state index is 8.88. The van der Waals surface area contributed by atoms with Crippen LogP contribution in [0.3, 0.4) is 0 Å².